The van der Waals surface area contributed by atoms with E-state index in [-0.39, 0.29) is 24.8 Å². The van der Waals surface area contributed by atoms with Gasteiger partial charge in [0.1, 0.15) is 12.3 Å². The third-order valence-corrected chi connectivity index (χ3v) is 8.15. The van der Waals surface area contributed by atoms with Gasteiger partial charge in [0.05, 0.1) is 29.4 Å². The van der Waals surface area contributed by atoms with E-state index in [2.05, 4.69) is 50.8 Å². The molecule has 9 heteroatoms. The summed E-state index contributed by atoms with van der Waals surface area (Å²) in [6, 6.07) is 25.7. The van der Waals surface area contributed by atoms with Crippen LogP contribution in [-0.4, -0.2) is 45.2 Å². The van der Waals surface area contributed by atoms with Gasteiger partial charge in [0.15, 0.2) is 5.82 Å². The highest BCUT2D eigenvalue weighted by Gasteiger charge is 2.31. The number of nitrogens with zero attached hydrogens (tertiary/aromatic N) is 4. The highest BCUT2D eigenvalue weighted by molar-refractivity contribution is 6.07. The number of nitrogens with one attached hydrogen (secondary N) is 2. The molecular formula is C33H26N6O3. The van der Waals surface area contributed by atoms with Crippen LogP contribution in [0.3, 0.4) is 0 Å². The molecule has 7 rings (SSSR count). The second kappa shape index (κ2) is 10.2. The molecule has 206 valence electrons. The van der Waals surface area contributed by atoms with Crippen molar-refractivity contribution in [1.29, 1.82) is 5.26 Å². The molecule has 2 aliphatic rings. The molecule has 2 N–H and O–H groups in total. The monoisotopic (exact) mass is 554 g/mol. The number of hydrogen-bond acceptors (Lipinski definition) is 6. The lowest BCUT2D eigenvalue weighted by Crippen LogP contribution is -2.37. The van der Waals surface area contributed by atoms with Crippen molar-refractivity contribution in [3.8, 4) is 17.2 Å². The topological polar surface area (TPSA) is 124 Å². The van der Waals surface area contributed by atoms with Gasteiger partial charge in [-0.3, -0.25) is 9.89 Å². The fourth-order valence-electron chi connectivity index (χ4n) is 5.94. The minimum absolute atomic E-state index is 0.0137. The van der Waals surface area contributed by atoms with Gasteiger partial charge in [-0.2, -0.15) is 10.4 Å². The molecular weight excluding hydrogens is 528 g/mol. The van der Waals surface area contributed by atoms with Crippen molar-refractivity contribution in [2.45, 2.75) is 25.8 Å². The summed E-state index contributed by atoms with van der Waals surface area (Å²) in [5.41, 5.74) is 8.58. The predicted molar refractivity (Wildman–Crippen MR) is 157 cm³/mol. The average molecular weight is 555 g/mol. The second-order valence-electron chi connectivity index (χ2n) is 10.6. The van der Waals surface area contributed by atoms with Crippen LogP contribution in [0.15, 0.2) is 72.8 Å². The van der Waals surface area contributed by atoms with Crippen molar-refractivity contribution in [3.05, 3.63) is 112 Å². The highest BCUT2D eigenvalue weighted by Crippen LogP contribution is 2.44. The normalized spacial score (nSPS) is 13.7. The van der Waals surface area contributed by atoms with E-state index in [9.17, 15) is 14.9 Å². The van der Waals surface area contributed by atoms with Gasteiger partial charge < -0.3 is 15.0 Å². The lowest BCUT2D eigenvalue weighted by atomic mass is 9.98. The first kappa shape index (κ1) is 25.5. The lowest BCUT2D eigenvalue weighted by molar-refractivity contribution is 0.0947. The Labute approximate surface area is 241 Å². The Hall–Kier alpha value is -5.49. The Balaban J connectivity index is 1.04. The van der Waals surface area contributed by atoms with Crippen molar-refractivity contribution in [2.75, 3.05) is 18.5 Å². The van der Waals surface area contributed by atoms with Crippen LogP contribution in [0.1, 0.15) is 49.9 Å². The molecule has 1 aliphatic carbocycles. The van der Waals surface area contributed by atoms with Crippen molar-refractivity contribution < 1.29 is 14.3 Å². The first-order valence-corrected chi connectivity index (χ1v) is 13.8. The SMILES string of the molecule is Cc1cc2c(NC(=O)c3ccc4c(n3)CN(C(=O)OCC3c5ccccc5-c5ccccc53)CC4)n[nH]c2cc1C#N. The number of fused-ring (bicyclic) bond motifs is 5. The van der Waals surface area contributed by atoms with E-state index in [1.807, 2.05) is 43.3 Å². The van der Waals surface area contributed by atoms with Gasteiger partial charge >= 0.3 is 6.09 Å². The highest BCUT2D eigenvalue weighted by atomic mass is 16.6. The summed E-state index contributed by atoms with van der Waals surface area (Å²) in [6.07, 6.45) is 0.230. The number of rotatable bonds is 4. The number of amides is 2. The fourth-order valence-corrected chi connectivity index (χ4v) is 5.94. The van der Waals surface area contributed by atoms with Crippen LogP contribution >= 0.6 is 0 Å². The Morgan fingerprint density at radius 1 is 1.07 bits per heavy atom. The molecule has 0 unspecified atom stereocenters. The number of H-pyrrole nitrogens is 1. The van der Waals surface area contributed by atoms with Gasteiger partial charge in [0, 0.05) is 17.8 Å². The quantitative estimate of drug-likeness (QED) is 0.294. The third kappa shape index (κ3) is 4.34. The maximum absolute atomic E-state index is 13.2. The number of ether oxygens (including phenoxy) is 1. The van der Waals surface area contributed by atoms with Crippen LogP contribution in [0.25, 0.3) is 22.0 Å². The van der Waals surface area contributed by atoms with E-state index >= 15 is 0 Å². The van der Waals surface area contributed by atoms with Crippen LogP contribution in [0.2, 0.25) is 0 Å². The number of aromatic amines is 1. The maximum atomic E-state index is 13.2. The van der Waals surface area contributed by atoms with E-state index < -0.39 is 12.0 Å². The fraction of sp³-hybridized carbons (Fsp3) is 0.182. The summed E-state index contributed by atoms with van der Waals surface area (Å²) in [5.74, 6) is -0.0610. The number of nitriles is 1. The summed E-state index contributed by atoms with van der Waals surface area (Å²) in [6.45, 7) is 2.86. The van der Waals surface area contributed by atoms with Gasteiger partial charge in [-0.25, -0.2) is 9.78 Å². The molecule has 3 aromatic carbocycles. The molecule has 0 bridgehead atoms. The second-order valence-corrected chi connectivity index (χ2v) is 10.6. The van der Waals surface area contributed by atoms with E-state index in [1.54, 1.807) is 17.0 Å². The Morgan fingerprint density at radius 2 is 1.81 bits per heavy atom. The van der Waals surface area contributed by atoms with Gasteiger partial charge in [-0.15, -0.1) is 0 Å². The molecule has 0 saturated heterocycles. The molecule has 2 aromatic heterocycles. The average Bonchev–Trinajstić information content (AvgIpc) is 3.56. The molecule has 5 aromatic rings. The smallest absolute Gasteiger partial charge is 0.410 e. The number of pyridine rings is 1. The summed E-state index contributed by atoms with van der Waals surface area (Å²) >= 11 is 0. The van der Waals surface area contributed by atoms with Crippen LogP contribution in [0.4, 0.5) is 10.6 Å². The number of aryl methyl sites for hydroxylation is 1. The number of aromatic nitrogens is 3. The van der Waals surface area contributed by atoms with E-state index in [0.29, 0.717) is 40.9 Å². The molecule has 2 amide bonds. The summed E-state index contributed by atoms with van der Waals surface area (Å²) in [7, 11) is 0. The van der Waals surface area contributed by atoms with Crippen LogP contribution in [0, 0.1) is 18.3 Å². The molecule has 0 radical (unpaired) electrons. The summed E-state index contributed by atoms with van der Waals surface area (Å²) in [5, 5.41) is 19.9. The van der Waals surface area contributed by atoms with Gasteiger partial charge in [0.25, 0.3) is 5.91 Å². The molecule has 0 spiro atoms. The molecule has 1 aliphatic heterocycles. The molecule has 42 heavy (non-hydrogen) atoms. The van der Waals surface area contributed by atoms with Crippen molar-refractivity contribution in [1.82, 2.24) is 20.1 Å². The minimum Gasteiger partial charge on any atom is -0.448 e. The number of anilines is 1. The van der Waals surface area contributed by atoms with Gasteiger partial charge in [-0.1, -0.05) is 54.6 Å². The van der Waals surface area contributed by atoms with Gasteiger partial charge in [-0.05, 0) is 64.9 Å². The van der Waals surface area contributed by atoms with E-state index in [0.717, 1.165) is 22.3 Å². The standard InChI is InChI=1S/C33H26N6O3/c1-19-14-26-29(15-21(19)16-34)37-38-31(26)36-32(40)28-11-10-20-12-13-39(17-30(20)35-28)33(41)42-18-27-24-8-4-2-6-22(24)23-7-3-5-9-25(23)27/h2-11,14-15,27H,12-13,17-18H2,1H3,(H2,36,37,38,40). The Morgan fingerprint density at radius 3 is 2.55 bits per heavy atom. The zero-order chi connectivity index (χ0) is 28.8. The van der Waals surface area contributed by atoms with Crippen LogP contribution in [-0.2, 0) is 17.7 Å². The zero-order valence-electron chi connectivity index (χ0n) is 22.8. The molecule has 0 atom stereocenters. The molecule has 9 nitrogen and oxygen atoms in total. The number of carbonyl (C=O) groups is 2. The van der Waals surface area contributed by atoms with Crippen molar-refractivity contribution in [2.24, 2.45) is 0 Å². The Bertz CT molecular complexity index is 1890. The molecule has 0 fully saturated rings. The van der Waals surface area contributed by atoms with E-state index in [4.69, 9.17) is 4.74 Å². The Kier molecular flexibility index (Phi) is 6.16. The molecule has 0 saturated carbocycles. The predicted octanol–water partition coefficient (Wildman–Crippen LogP) is 5.70. The minimum atomic E-state index is -0.411. The van der Waals surface area contributed by atoms with Crippen LogP contribution in [0.5, 0.6) is 0 Å². The third-order valence-electron chi connectivity index (χ3n) is 8.15. The lowest BCUT2D eigenvalue weighted by Gasteiger charge is -2.28. The van der Waals surface area contributed by atoms with Crippen molar-refractivity contribution >= 4 is 28.7 Å². The summed E-state index contributed by atoms with van der Waals surface area (Å²) in [4.78, 5) is 32.6. The first-order valence-electron chi connectivity index (χ1n) is 13.8. The maximum Gasteiger partial charge on any atom is 0.410 e. The number of benzene rings is 3. The number of hydrogen-bond donors (Lipinski definition) is 2. The van der Waals surface area contributed by atoms with E-state index in [1.165, 1.54) is 11.1 Å². The van der Waals surface area contributed by atoms with Crippen molar-refractivity contribution in [3.63, 3.8) is 0 Å². The zero-order valence-corrected chi connectivity index (χ0v) is 22.8. The number of carbonyl (C=O) groups excluding carboxylic acids is 2. The van der Waals surface area contributed by atoms with Gasteiger partial charge in [0.2, 0.25) is 0 Å². The molecule has 3 heterocycles. The van der Waals surface area contributed by atoms with Crippen LogP contribution < -0.4 is 5.32 Å². The first-order chi connectivity index (χ1) is 20.5. The summed E-state index contributed by atoms with van der Waals surface area (Å²) < 4.78 is 5.86. The largest absolute Gasteiger partial charge is 0.448 e.